The zero-order valence-corrected chi connectivity index (χ0v) is 10.5. The second-order valence-corrected chi connectivity index (χ2v) is 4.48. The van der Waals surface area contributed by atoms with Gasteiger partial charge in [-0.15, -0.1) is 0 Å². The van der Waals surface area contributed by atoms with Crippen molar-refractivity contribution in [3.63, 3.8) is 0 Å². The minimum atomic E-state index is -0.691. The normalized spacial score (nSPS) is 15.7. The molecule has 0 bridgehead atoms. The van der Waals surface area contributed by atoms with Gasteiger partial charge in [0.15, 0.2) is 11.5 Å². The molecule has 1 fully saturated rings. The molecule has 0 spiro atoms. The van der Waals surface area contributed by atoms with Crippen LogP contribution >= 0.6 is 0 Å². The zero-order valence-electron chi connectivity index (χ0n) is 10.5. The number of phenolic OH excluding ortho intramolecular Hbond substituents is 3. The maximum absolute atomic E-state index is 12.0. The third kappa shape index (κ3) is 1.90. The number of H-pyrrole nitrogens is 1. The summed E-state index contributed by atoms with van der Waals surface area (Å²) in [4.78, 5) is 20.6. The number of hydrogen-bond acceptors (Lipinski definition) is 7. The molecular weight excluding hydrogens is 266 g/mol. The molecule has 1 aromatic heterocycles. The van der Waals surface area contributed by atoms with Gasteiger partial charge in [0, 0.05) is 13.1 Å². The second-order valence-electron chi connectivity index (χ2n) is 4.48. The number of aromatic nitrogens is 2. The standard InChI is InChI=1S/C12H13N3O5/c16-7-5-6-8(10(18)9(7)17)13-12(14-11(6)19)15-1-3-20-4-2-15/h5,16-18H,1-4H2,(H,13,14,19). The number of aromatic amines is 1. The average molecular weight is 279 g/mol. The van der Waals surface area contributed by atoms with Crippen LogP contribution in [-0.4, -0.2) is 51.6 Å². The predicted octanol–water partition coefficient (Wildman–Crippen LogP) is -0.124. The summed E-state index contributed by atoms with van der Waals surface area (Å²) in [6.45, 7) is 2.18. The lowest BCUT2D eigenvalue weighted by Crippen LogP contribution is -2.38. The van der Waals surface area contributed by atoms with Crippen LogP contribution in [0.1, 0.15) is 0 Å². The Bertz CT molecular complexity index is 721. The fourth-order valence-corrected chi connectivity index (χ4v) is 2.15. The van der Waals surface area contributed by atoms with Crippen LogP contribution in [0.25, 0.3) is 10.9 Å². The number of anilines is 1. The molecule has 0 unspecified atom stereocenters. The smallest absolute Gasteiger partial charge is 0.260 e. The van der Waals surface area contributed by atoms with Crippen molar-refractivity contribution in [3.8, 4) is 17.2 Å². The Hall–Kier alpha value is -2.48. The summed E-state index contributed by atoms with van der Waals surface area (Å²) in [6, 6.07) is 1.07. The van der Waals surface area contributed by atoms with Crippen LogP contribution in [0.2, 0.25) is 0 Å². The van der Waals surface area contributed by atoms with Crippen molar-refractivity contribution in [1.29, 1.82) is 0 Å². The fraction of sp³-hybridized carbons (Fsp3) is 0.333. The van der Waals surface area contributed by atoms with Gasteiger partial charge in [0.05, 0.1) is 18.6 Å². The Morgan fingerprint density at radius 2 is 1.90 bits per heavy atom. The van der Waals surface area contributed by atoms with Gasteiger partial charge in [-0.2, -0.15) is 0 Å². The molecule has 106 valence electrons. The van der Waals surface area contributed by atoms with Crippen molar-refractivity contribution in [3.05, 3.63) is 16.4 Å². The van der Waals surface area contributed by atoms with E-state index in [0.29, 0.717) is 32.3 Å². The number of rotatable bonds is 1. The molecule has 8 heteroatoms. The molecule has 1 aliphatic heterocycles. The first-order valence-electron chi connectivity index (χ1n) is 6.08. The highest BCUT2D eigenvalue weighted by Crippen LogP contribution is 2.39. The van der Waals surface area contributed by atoms with E-state index in [1.807, 2.05) is 4.90 Å². The molecule has 0 amide bonds. The van der Waals surface area contributed by atoms with Gasteiger partial charge in [-0.25, -0.2) is 4.98 Å². The number of nitrogens with one attached hydrogen (secondary N) is 1. The lowest BCUT2D eigenvalue weighted by Gasteiger charge is -2.27. The van der Waals surface area contributed by atoms with Gasteiger partial charge in [0.25, 0.3) is 5.56 Å². The first-order chi connectivity index (χ1) is 9.58. The molecular formula is C12H13N3O5. The molecule has 0 aliphatic carbocycles. The van der Waals surface area contributed by atoms with Crippen molar-refractivity contribution in [2.75, 3.05) is 31.2 Å². The van der Waals surface area contributed by atoms with Gasteiger partial charge in [-0.1, -0.05) is 0 Å². The van der Waals surface area contributed by atoms with E-state index in [1.165, 1.54) is 0 Å². The third-order valence-electron chi connectivity index (χ3n) is 3.23. The summed E-state index contributed by atoms with van der Waals surface area (Å²) in [5, 5.41) is 28.8. The van der Waals surface area contributed by atoms with Crippen molar-refractivity contribution in [2.24, 2.45) is 0 Å². The molecule has 3 rings (SSSR count). The molecule has 0 saturated carbocycles. The highest BCUT2D eigenvalue weighted by molar-refractivity contribution is 5.89. The van der Waals surface area contributed by atoms with Gasteiger partial charge >= 0.3 is 0 Å². The van der Waals surface area contributed by atoms with Crippen molar-refractivity contribution >= 4 is 16.9 Å². The molecule has 1 aliphatic rings. The van der Waals surface area contributed by atoms with E-state index < -0.39 is 22.8 Å². The maximum Gasteiger partial charge on any atom is 0.260 e. The molecule has 20 heavy (non-hydrogen) atoms. The van der Waals surface area contributed by atoms with Crippen LogP contribution in [0, 0.1) is 0 Å². The summed E-state index contributed by atoms with van der Waals surface area (Å²) in [7, 11) is 0. The fourth-order valence-electron chi connectivity index (χ4n) is 2.15. The summed E-state index contributed by atoms with van der Waals surface area (Å²) >= 11 is 0. The number of ether oxygens (including phenoxy) is 1. The summed E-state index contributed by atoms with van der Waals surface area (Å²) in [6.07, 6.45) is 0. The van der Waals surface area contributed by atoms with E-state index in [0.717, 1.165) is 6.07 Å². The number of hydrogen-bond donors (Lipinski definition) is 4. The first kappa shape index (κ1) is 12.5. The summed E-state index contributed by atoms with van der Waals surface area (Å²) < 4.78 is 5.21. The monoisotopic (exact) mass is 279 g/mol. The van der Waals surface area contributed by atoms with Crippen LogP contribution < -0.4 is 10.5 Å². The largest absolute Gasteiger partial charge is 0.504 e. The van der Waals surface area contributed by atoms with Crippen molar-refractivity contribution in [1.82, 2.24) is 9.97 Å². The van der Waals surface area contributed by atoms with Crippen LogP contribution in [0.15, 0.2) is 10.9 Å². The molecule has 0 atom stereocenters. The van der Waals surface area contributed by atoms with E-state index in [-0.39, 0.29) is 10.9 Å². The number of phenols is 3. The lowest BCUT2D eigenvalue weighted by atomic mass is 10.2. The second kappa shape index (κ2) is 4.57. The number of fused-ring (bicyclic) bond motifs is 1. The molecule has 1 aromatic carbocycles. The predicted molar refractivity (Wildman–Crippen MR) is 70.4 cm³/mol. The summed E-state index contributed by atoms with van der Waals surface area (Å²) in [5.41, 5.74) is -0.548. The number of morpholine rings is 1. The molecule has 2 heterocycles. The maximum atomic E-state index is 12.0. The molecule has 0 radical (unpaired) electrons. The van der Waals surface area contributed by atoms with Crippen molar-refractivity contribution in [2.45, 2.75) is 0 Å². The highest BCUT2D eigenvalue weighted by Gasteiger charge is 2.19. The van der Waals surface area contributed by atoms with Crippen LogP contribution in [-0.2, 0) is 4.74 Å². The van der Waals surface area contributed by atoms with Crippen LogP contribution in [0.3, 0.4) is 0 Å². The van der Waals surface area contributed by atoms with E-state index in [9.17, 15) is 20.1 Å². The molecule has 4 N–H and O–H groups in total. The number of nitrogens with zero attached hydrogens (tertiary/aromatic N) is 2. The highest BCUT2D eigenvalue weighted by atomic mass is 16.5. The van der Waals surface area contributed by atoms with E-state index in [4.69, 9.17) is 4.74 Å². The quantitative estimate of drug-likeness (QED) is 0.537. The Kier molecular flexibility index (Phi) is 2.87. The minimum absolute atomic E-state index is 0.00908. The Labute approximate surface area is 112 Å². The number of aromatic hydroxyl groups is 3. The molecule has 2 aromatic rings. The Morgan fingerprint density at radius 1 is 1.20 bits per heavy atom. The summed E-state index contributed by atoms with van der Waals surface area (Å²) in [5.74, 6) is -1.57. The molecule has 1 saturated heterocycles. The SMILES string of the molecule is O=c1[nH]c(N2CCOCC2)nc2c(O)c(O)c(O)cc12. The van der Waals surface area contributed by atoms with Crippen LogP contribution in [0.4, 0.5) is 5.95 Å². The van der Waals surface area contributed by atoms with Crippen LogP contribution in [0.5, 0.6) is 17.2 Å². The third-order valence-corrected chi connectivity index (χ3v) is 3.23. The molecule has 8 nitrogen and oxygen atoms in total. The van der Waals surface area contributed by atoms with Gasteiger partial charge in [0.2, 0.25) is 11.7 Å². The topological polar surface area (TPSA) is 119 Å². The van der Waals surface area contributed by atoms with Gasteiger partial charge < -0.3 is 25.0 Å². The van der Waals surface area contributed by atoms with Gasteiger partial charge in [-0.3, -0.25) is 9.78 Å². The van der Waals surface area contributed by atoms with Gasteiger partial charge in [-0.05, 0) is 6.07 Å². The Morgan fingerprint density at radius 3 is 2.60 bits per heavy atom. The first-order valence-corrected chi connectivity index (χ1v) is 6.08. The van der Waals surface area contributed by atoms with E-state index >= 15 is 0 Å². The zero-order chi connectivity index (χ0) is 14.3. The minimum Gasteiger partial charge on any atom is -0.504 e. The Balaban J connectivity index is 2.20. The van der Waals surface area contributed by atoms with E-state index in [2.05, 4.69) is 9.97 Å². The van der Waals surface area contributed by atoms with E-state index in [1.54, 1.807) is 0 Å². The van der Waals surface area contributed by atoms with Gasteiger partial charge in [0.1, 0.15) is 5.52 Å². The average Bonchev–Trinajstić information content (AvgIpc) is 2.47. The van der Waals surface area contributed by atoms with Crippen molar-refractivity contribution < 1.29 is 20.1 Å². The number of benzene rings is 1. The lowest BCUT2D eigenvalue weighted by molar-refractivity contribution is 0.122.